The van der Waals surface area contributed by atoms with Crippen LogP contribution in [0.3, 0.4) is 0 Å². The number of nitrogens with one attached hydrogen (secondary N) is 1. The number of nitrogen functional groups attached to an aromatic ring is 1. The van der Waals surface area contributed by atoms with Gasteiger partial charge in [0.05, 0.1) is 0 Å². The minimum atomic E-state index is 0.356. The van der Waals surface area contributed by atoms with Crippen LogP contribution in [0.5, 0.6) is 5.75 Å². The van der Waals surface area contributed by atoms with Crippen LogP contribution in [0.25, 0.3) is 0 Å². The van der Waals surface area contributed by atoms with Crippen molar-refractivity contribution < 1.29 is 5.11 Å². The smallest absolute Gasteiger partial charge is 0.121 e. The van der Waals surface area contributed by atoms with E-state index in [9.17, 15) is 5.11 Å². The SMILES string of the molecule is Cc1cc(N)ccc1Nc1cc(C)c(O)c(C)c1. The molecule has 3 nitrogen and oxygen atoms in total. The van der Waals surface area contributed by atoms with Crippen LogP contribution in [0.1, 0.15) is 16.7 Å². The second kappa shape index (κ2) is 4.61. The Labute approximate surface area is 107 Å². The quantitative estimate of drug-likeness (QED) is 0.556. The van der Waals surface area contributed by atoms with E-state index in [2.05, 4.69) is 5.32 Å². The number of hydrogen-bond acceptors (Lipinski definition) is 3. The zero-order valence-electron chi connectivity index (χ0n) is 10.9. The summed E-state index contributed by atoms with van der Waals surface area (Å²) in [5, 5.41) is 13.1. The second-order valence-corrected chi connectivity index (χ2v) is 4.66. The molecular formula is C15H18N2O. The van der Waals surface area contributed by atoms with Crippen molar-refractivity contribution in [1.29, 1.82) is 0 Å². The molecule has 3 heteroatoms. The van der Waals surface area contributed by atoms with E-state index in [4.69, 9.17) is 5.73 Å². The maximum Gasteiger partial charge on any atom is 0.121 e. The molecule has 4 N–H and O–H groups in total. The lowest BCUT2D eigenvalue weighted by molar-refractivity contribution is 0.467. The van der Waals surface area contributed by atoms with Crippen molar-refractivity contribution in [3.8, 4) is 5.75 Å². The number of anilines is 3. The Morgan fingerprint density at radius 1 is 0.944 bits per heavy atom. The summed E-state index contributed by atoms with van der Waals surface area (Å²) in [5.41, 5.74) is 11.3. The Bertz CT molecular complexity index is 568. The highest BCUT2D eigenvalue weighted by Gasteiger charge is 2.05. The van der Waals surface area contributed by atoms with Crippen LogP contribution in [0, 0.1) is 20.8 Å². The summed E-state index contributed by atoms with van der Waals surface area (Å²) < 4.78 is 0. The molecule has 2 aromatic carbocycles. The van der Waals surface area contributed by atoms with Crippen LogP contribution in [-0.2, 0) is 0 Å². The lowest BCUT2D eigenvalue weighted by atomic mass is 10.1. The minimum absolute atomic E-state index is 0.356. The second-order valence-electron chi connectivity index (χ2n) is 4.66. The predicted molar refractivity (Wildman–Crippen MR) is 76.5 cm³/mol. The Kier molecular flexibility index (Phi) is 3.15. The lowest BCUT2D eigenvalue weighted by Crippen LogP contribution is -1.96. The fourth-order valence-corrected chi connectivity index (χ4v) is 2.01. The van der Waals surface area contributed by atoms with E-state index in [0.717, 1.165) is 33.8 Å². The van der Waals surface area contributed by atoms with Gasteiger partial charge < -0.3 is 16.2 Å². The number of aromatic hydroxyl groups is 1. The number of aryl methyl sites for hydroxylation is 3. The van der Waals surface area contributed by atoms with Gasteiger partial charge in [-0.25, -0.2) is 0 Å². The first-order valence-corrected chi connectivity index (χ1v) is 5.91. The first-order valence-electron chi connectivity index (χ1n) is 5.91. The van der Waals surface area contributed by atoms with Crippen molar-refractivity contribution in [2.24, 2.45) is 0 Å². The predicted octanol–water partition coefficient (Wildman–Crippen LogP) is 3.64. The summed E-state index contributed by atoms with van der Waals surface area (Å²) in [5.74, 6) is 0.356. The third-order valence-corrected chi connectivity index (χ3v) is 3.02. The molecule has 0 amide bonds. The van der Waals surface area contributed by atoms with Gasteiger partial charge in [-0.3, -0.25) is 0 Å². The van der Waals surface area contributed by atoms with Crippen LogP contribution in [0.4, 0.5) is 17.1 Å². The lowest BCUT2D eigenvalue weighted by Gasteiger charge is -2.13. The molecule has 0 unspecified atom stereocenters. The Balaban J connectivity index is 2.34. The van der Waals surface area contributed by atoms with Crippen molar-refractivity contribution in [2.45, 2.75) is 20.8 Å². The van der Waals surface area contributed by atoms with E-state index in [1.807, 2.05) is 51.1 Å². The maximum absolute atomic E-state index is 9.74. The monoisotopic (exact) mass is 242 g/mol. The number of phenols is 1. The van der Waals surface area contributed by atoms with E-state index >= 15 is 0 Å². The maximum atomic E-state index is 9.74. The average molecular weight is 242 g/mol. The van der Waals surface area contributed by atoms with Crippen LogP contribution in [-0.4, -0.2) is 5.11 Å². The van der Waals surface area contributed by atoms with Crippen LogP contribution >= 0.6 is 0 Å². The van der Waals surface area contributed by atoms with Crippen LogP contribution in [0.2, 0.25) is 0 Å². The molecule has 94 valence electrons. The molecule has 0 saturated heterocycles. The molecule has 0 aliphatic heterocycles. The Morgan fingerprint density at radius 3 is 2.11 bits per heavy atom. The van der Waals surface area contributed by atoms with Gasteiger partial charge in [0.2, 0.25) is 0 Å². The first-order chi connectivity index (χ1) is 8.47. The number of phenolic OH excluding ortho intramolecular Hbond substituents is 1. The summed E-state index contributed by atoms with van der Waals surface area (Å²) in [6.07, 6.45) is 0. The van der Waals surface area contributed by atoms with E-state index in [0.29, 0.717) is 5.75 Å². The molecule has 0 bridgehead atoms. The van der Waals surface area contributed by atoms with Crippen molar-refractivity contribution in [3.63, 3.8) is 0 Å². The highest BCUT2D eigenvalue weighted by molar-refractivity contribution is 5.67. The molecule has 2 aromatic rings. The fourth-order valence-electron chi connectivity index (χ4n) is 2.01. The standard InChI is InChI=1S/C15H18N2O/c1-9-6-12(16)4-5-14(9)17-13-7-10(2)15(18)11(3)8-13/h4-8,17-18H,16H2,1-3H3. The van der Waals surface area contributed by atoms with E-state index in [1.54, 1.807) is 0 Å². The summed E-state index contributed by atoms with van der Waals surface area (Å²) in [7, 11) is 0. The molecular weight excluding hydrogens is 224 g/mol. The summed E-state index contributed by atoms with van der Waals surface area (Å²) in [6.45, 7) is 5.80. The first kappa shape index (κ1) is 12.3. The van der Waals surface area contributed by atoms with Gasteiger partial charge in [-0.2, -0.15) is 0 Å². The van der Waals surface area contributed by atoms with Crippen molar-refractivity contribution in [3.05, 3.63) is 47.0 Å². The molecule has 0 fully saturated rings. The number of benzene rings is 2. The van der Waals surface area contributed by atoms with Gasteiger partial charge >= 0.3 is 0 Å². The highest BCUT2D eigenvalue weighted by Crippen LogP contribution is 2.28. The summed E-state index contributed by atoms with van der Waals surface area (Å²) in [4.78, 5) is 0. The number of rotatable bonds is 2. The van der Waals surface area contributed by atoms with Gasteiger partial charge in [-0.15, -0.1) is 0 Å². The molecule has 0 radical (unpaired) electrons. The van der Waals surface area contributed by atoms with Gasteiger partial charge in [0.25, 0.3) is 0 Å². The molecule has 0 spiro atoms. The van der Waals surface area contributed by atoms with Crippen LogP contribution in [0.15, 0.2) is 30.3 Å². The van der Waals surface area contributed by atoms with Crippen molar-refractivity contribution in [1.82, 2.24) is 0 Å². The van der Waals surface area contributed by atoms with Gasteiger partial charge in [-0.1, -0.05) is 0 Å². The topological polar surface area (TPSA) is 58.3 Å². The number of nitrogens with two attached hydrogens (primary N) is 1. The zero-order valence-corrected chi connectivity index (χ0v) is 10.9. The summed E-state index contributed by atoms with van der Waals surface area (Å²) >= 11 is 0. The molecule has 0 heterocycles. The normalized spacial score (nSPS) is 10.4. The Morgan fingerprint density at radius 2 is 1.56 bits per heavy atom. The van der Waals surface area contributed by atoms with E-state index < -0.39 is 0 Å². The zero-order chi connectivity index (χ0) is 13.3. The molecule has 0 aromatic heterocycles. The van der Waals surface area contributed by atoms with Crippen molar-refractivity contribution in [2.75, 3.05) is 11.1 Å². The Hall–Kier alpha value is -2.16. The van der Waals surface area contributed by atoms with E-state index in [-0.39, 0.29) is 0 Å². The fraction of sp³-hybridized carbons (Fsp3) is 0.200. The third kappa shape index (κ3) is 2.40. The molecule has 2 rings (SSSR count). The van der Waals surface area contributed by atoms with Gasteiger partial charge in [0, 0.05) is 17.1 Å². The number of hydrogen-bond donors (Lipinski definition) is 3. The third-order valence-electron chi connectivity index (χ3n) is 3.02. The molecule has 0 aliphatic carbocycles. The molecule has 18 heavy (non-hydrogen) atoms. The van der Waals surface area contributed by atoms with Crippen molar-refractivity contribution >= 4 is 17.1 Å². The van der Waals surface area contributed by atoms with E-state index in [1.165, 1.54) is 0 Å². The van der Waals surface area contributed by atoms with Gasteiger partial charge in [-0.05, 0) is 67.8 Å². The summed E-state index contributed by atoms with van der Waals surface area (Å²) in [6, 6.07) is 9.62. The largest absolute Gasteiger partial charge is 0.507 e. The van der Waals surface area contributed by atoms with Crippen LogP contribution < -0.4 is 11.1 Å². The average Bonchev–Trinajstić information content (AvgIpc) is 2.29. The van der Waals surface area contributed by atoms with Gasteiger partial charge in [0.1, 0.15) is 5.75 Å². The molecule has 0 atom stereocenters. The molecule has 0 saturated carbocycles. The highest BCUT2D eigenvalue weighted by atomic mass is 16.3. The molecule has 0 aliphatic rings. The minimum Gasteiger partial charge on any atom is -0.507 e. The van der Waals surface area contributed by atoms with Gasteiger partial charge in [0.15, 0.2) is 0 Å².